The van der Waals surface area contributed by atoms with Gasteiger partial charge in [0.1, 0.15) is 0 Å². The number of hydrogen-bond acceptors (Lipinski definition) is 3. The molecule has 0 aliphatic heterocycles. The van der Waals surface area contributed by atoms with Crippen molar-refractivity contribution < 1.29 is 8.42 Å². The van der Waals surface area contributed by atoms with Crippen molar-refractivity contribution in [2.24, 2.45) is 0 Å². The van der Waals surface area contributed by atoms with Gasteiger partial charge < -0.3 is 4.57 Å². The van der Waals surface area contributed by atoms with Gasteiger partial charge in [0.05, 0.1) is 12.1 Å². The number of sulfonamides is 1. The van der Waals surface area contributed by atoms with Crippen molar-refractivity contribution in [1.82, 2.24) is 14.3 Å². The van der Waals surface area contributed by atoms with Crippen LogP contribution in [-0.4, -0.2) is 29.8 Å². The SMILES string of the molecule is CCCS(=O)(=O)N[C@@H](CC)Cn1ccnc1. The summed E-state index contributed by atoms with van der Waals surface area (Å²) < 4.78 is 27.8. The second-order valence-electron chi connectivity index (χ2n) is 3.80. The Hall–Kier alpha value is -0.880. The first-order valence-corrected chi connectivity index (χ1v) is 7.18. The van der Waals surface area contributed by atoms with Crippen LogP contribution >= 0.6 is 0 Å². The summed E-state index contributed by atoms with van der Waals surface area (Å²) in [5.41, 5.74) is 0. The van der Waals surface area contributed by atoms with E-state index in [1.54, 1.807) is 12.5 Å². The molecule has 1 N–H and O–H groups in total. The minimum absolute atomic E-state index is 0.0641. The van der Waals surface area contributed by atoms with E-state index in [2.05, 4.69) is 9.71 Å². The maximum absolute atomic E-state index is 11.6. The summed E-state index contributed by atoms with van der Waals surface area (Å²) in [6.07, 6.45) is 6.61. The minimum Gasteiger partial charge on any atom is -0.336 e. The standard InChI is InChI=1S/C10H19N3O2S/c1-3-7-16(14,15)12-10(4-2)8-13-6-5-11-9-13/h5-6,9-10,12H,3-4,7-8H2,1-2H3/t10-/m0/s1. The molecule has 6 heteroatoms. The van der Waals surface area contributed by atoms with Crippen LogP contribution in [0.15, 0.2) is 18.7 Å². The fourth-order valence-electron chi connectivity index (χ4n) is 1.48. The fourth-order valence-corrected chi connectivity index (χ4v) is 2.88. The third kappa shape index (κ3) is 4.32. The van der Waals surface area contributed by atoms with Gasteiger partial charge in [-0.15, -0.1) is 0 Å². The smallest absolute Gasteiger partial charge is 0.211 e. The Morgan fingerprint density at radius 3 is 2.69 bits per heavy atom. The molecule has 0 fully saturated rings. The van der Waals surface area contributed by atoms with E-state index in [1.165, 1.54) is 0 Å². The Morgan fingerprint density at radius 1 is 1.44 bits per heavy atom. The second kappa shape index (κ2) is 6.00. The highest BCUT2D eigenvalue weighted by Crippen LogP contribution is 2.00. The number of hydrogen-bond donors (Lipinski definition) is 1. The van der Waals surface area contributed by atoms with E-state index >= 15 is 0 Å². The lowest BCUT2D eigenvalue weighted by atomic mass is 10.2. The number of rotatable bonds is 7. The van der Waals surface area contributed by atoms with E-state index < -0.39 is 10.0 Å². The molecule has 1 aromatic heterocycles. The van der Waals surface area contributed by atoms with Crippen molar-refractivity contribution in [2.75, 3.05) is 5.75 Å². The molecule has 16 heavy (non-hydrogen) atoms. The number of nitrogens with one attached hydrogen (secondary N) is 1. The van der Waals surface area contributed by atoms with Crippen LogP contribution < -0.4 is 4.72 Å². The molecular weight excluding hydrogens is 226 g/mol. The van der Waals surface area contributed by atoms with Gasteiger partial charge in [-0.25, -0.2) is 18.1 Å². The molecule has 92 valence electrons. The Kier molecular flexibility index (Phi) is 4.95. The largest absolute Gasteiger partial charge is 0.336 e. The summed E-state index contributed by atoms with van der Waals surface area (Å²) in [5, 5.41) is 0. The van der Waals surface area contributed by atoms with Crippen LogP contribution in [0.4, 0.5) is 0 Å². The van der Waals surface area contributed by atoms with Gasteiger partial charge in [0.25, 0.3) is 0 Å². The zero-order chi connectivity index (χ0) is 12.0. The summed E-state index contributed by atoms with van der Waals surface area (Å²) in [7, 11) is -3.13. The Labute approximate surface area is 96.9 Å². The predicted molar refractivity (Wildman–Crippen MR) is 63.5 cm³/mol. The molecular formula is C10H19N3O2S. The van der Waals surface area contributed by atoms with Crippen molar-refractivity contribution in [3.63, 3.8) is 0 Å². The molecule has 0 saturated carbocycles. The molecule has 0 saturated heterocycles. The molecule has 5 nitrogen and oxygen atoms in total. The maximum Gasteiger partial charge on any atom is 0.211 e. The highest BCUT2D eigenvalue weighted by Gasteiger charge is 2.15. The van der Waals surface area contributed by atoms with Gasteiger partial charge in [0.15, 0.2) is 0 Å². The minimum atomic E-state index is -3.13. The molecule has 0 radical (unpaired) electrons. The third-order valence-corrected chi connectivity index (χ3v) is 3.94. The Bertz CT molecular complexity index is 386. The van der Waals surface area contributed by atoms with Gasteiger partial charge in [0, 0.05) is 25.0 Å². The molecule has 0 amide bonds. The van der Waals surface area contributed by atoms with Crippen LogP contribution in [-0.2, 0) is 16.6 Å². The van der Waals surface area contributed by atoms with Crippen molar-refractivity contribution in [3.05, 3.63) is 18.7 Å². The topological polar surface area (TPSA) is 64.0 Å². The monoisotopic (exact) mass is 245 g/mol. The Balaban J connectivity index is 2.56. The summed E-state index contributed by atoms with van der Waals surface area (Å²) in [6, 6.07) is -0.0641. The van der Waals surface area contributed by atoms with E-state index in [1.807, 2.05) is 24.6 Å². The number of imidazole rings is 1. The number of aromatic nitrogens is 2. The Morgan fingerprint density at radius 2 is 2.19 bits per heavy atom. The molecule has 1 heterocycles. The molecule has 0 unspecified atom stereocenters. The quantitative estimate of drug-likeness (QED) is 0.779. The van der Waals surface area contributed by atoms with Gasteiger partial charge >= 0.3 is 0 Å². The lowest BCUT2D eigenvalue weighted by Crippen LogP contribution is -2.38. The molecule has 0 aliphatic carbocycles. The summed E-state index contributed by atoms with van der Waals surface area (Å²) >= 11 is 0. The molecule has 1 rings (SSSR count). The lowest BCUT2D eigenvalue weighted by molar-refractivity contribution is 0.484. The van der Waals surface area contributed by atoms with Crippen molar-refractivity contribution >= 4 is 10.0 Å². The lowest BCUT2D eigenvalue weighted by Gasteiger charge is -2.17. The van der Waals surface area contributed by atoms with E-state index in [9.17, 15) is 8.42 Å². The average Bonchev–Trinajstić information content (AvgIpc) is 2.69. The molecule has 1 aromatic rings. The molecule has 1 atom stereocenters. The van der Waals surface area contributed by atoms with Crippen molar-refractivity contribution in [1.29, 1.82) is 0 Å². The van der Waals surface area contributed by atoms with E-state index in [-0.39, 0.29) is 11.8 Å². The van der Waals surface area contributed by atoms with Crippen LogP contribution in [0.3, 0.4) is 0 Å². The zero-order valence-electron chi connectivity index (χ0n) is 9.76. The maximum atomic E-state index is 11.6. The van der Waals surface area contributed by atoms with Crippen LogP contribution in [0, 0.1) is 0 Å². The van der Waals surface area contributed by atoms with Gasteiger partial charge in [-0.1, -0.05) is 13.8 Å². The molecule has 0 aliphatic rings. The average molecular weight is 245 g/mol. The first-order chi connectivity index (χ1) is 7.57. The highest BCUT2D eigenvalue weighted by molar-refractivity contribution is 7.89. The molecule has 0 bridgehead atoms. The van der Waals surface area contributed by atoms with E-state index in [0.29, 0.717) is 13.0 Å². The summed E-state index contributed by atoms with van der Waals surface area (Å²) in [6.45, 7) is 4.45. The second-order valence-corrected chi connectivity index (χ2v) is 5.67. The zero-order valence-corrected chi connectivity index (χ0v) is 10.6. The predicted octanol–water partition coefficient (Wildman–Crippen LogP) is 0.991. The van der Waals surface area contributed by atoms with E-state index in [0.717, 1.165) is 6.42 Å². The normalized spacial score (nSPS) is 13.9. The summed E-state index contributed by atoms with van der Waals surface area (Å²) in [4.78, 5) is 3.93. The third-order valence-electron chi connectivity index (χ3n) is 2.30. The van der Waals surface area contributed by atoms with E-state index in [4.69, 9.17) is 0 Å². The van der Waals surface area contributed by atoms with Crippen LogP contribution in [0.25, 0.3) is 0 Å². The summed E-state index contributed by atoms with van der Waals surface area (Å²) in [5.74, 6) is 0.188. The van der Waals surface area contributed by atoms with Gasteiger partial charge in [-0.05, 0) is 12.8 Å². The van der Waals surface area contributed by atoms with Gasteiger partial charge in [0.2, 0.25) is 10.0 Å². The van der Waals surface area contributed by atoms with Crippen molar-refractivity contribution in [3.8, 4) is 0 Å². The highest BCUT2D eigenvalue weighted by atomic mass is 32.2. The van der Waals surface area contributed by atoms with Crippen LogP contribution in [0.1, 0.15) is 26.7 Å². The first kappa shape index (κ1) is 13.2. The van der Waals surface area contributed by atoms with Crippen LogP contribution in [0.2, 0.25) is 0 Å². The molecule has 0 aromatic carbocycles. The number of nitrogens with zero attached hydrogens (tertiary/aromatic N) is 2. The van der Waals surface area contributed by atoms with Crippen LogP contribution in [0.5, 0.6) is 0 Å². The van der Waals surface area contributed by atoms with Gasteiger partial charge in [-0.2, -0.15) is 0 Å². The first-order valence-electron chi connectivity index (χ1n) is 5.53. The van der Waals surface area contributed by atoms with Crippen molar-refractivity contribution in [2.45, 2.75) is 39.3 Å². The fraction of sp³-hybridized carbons (Fsp3) is 0.700. The molecule has 0 spiro atoms. The van der Waals surface area contributed by atoms with Gasteiger partial charge in [-0.3, -0.25) is 0 Å².